The molecule has 2 aromatic rings. The molecule has 0 spiro atoms. The molecule has 3 N–H and O–H groups in total. The van der Waals surface area contributed by atoms with Gasteiger partial charge in [-0.1, -0.05) is 43.3 Å². The first-order valence-corrected chi connectivity index (χ1v) is 10.6. The van der Waals surface area contributed by atoms with Crippen LogP contribution in [0.5, 0.6) is 0 Å². The first-order valence-electron chi connectivity index (χ1n) is 9.70. The summed E-state index contributed by atoms with van der Waals surface area (Å²) >= 11 is 1.30. The zero-order chi connectivity index (χ0) is 19.9. The van der Waals surface area contributed by atoms with Crippen molar-refractivity contribution in [2.24, 2.45) is 5.14 Å². The standard InChI is InChI=1S/C23H27N3OS/c1-3-5-22(28-25)23-18(13-20-15-26-10-11-27-20)6-4-7-21(23)17-8-9-19(14-24)16(2)12-17/h4-9,12,20,26H,3,10-11,13,15,25H2,1-2H3/b22-5-. The number of allylic oxidation sites excluding steroid dienone is 1. The van der Waals surface area contributed by atoms with E-state index in [2.05, 4.69) is 48.7 Å². The number of hydrogen-bond acceptors (Lipinski definition) is 5. The van der Waals surface area contributed by atoms with Gasteiger partial charge in [-0.2, -0.15) is 5.26 Å². The van der Waals surface area contributed by atoms with Crippen molar-refractivity contribution in [2.45, 2.75) is 32.8 Å². The predicted molar refractivity (Wildman–Crippen MR) is 118 cm³/mol. The highest BCUT2D eigenvalue weighted by Gasteiger charge is 2.20. The van der Waals surface area contributed by atoms with E-state index in [-0.39, 0.29) is 6.10 Å². The molecule has 146 valence electrons. The third-order valence-electron chi connectivity index (χ3n) is 5.02. The van der Waals surface area contributed by atoms with Crippen LogP contribution >= 0.6 is 11.9 Å². The van der Waals surface area contributed by atoms with E-state index in [4.69, 9.17) is 9.88 Å². The van der Waals surface area contributed by atoms with Gasteiger partial charge >= 0.3 is 0 Å². The highest BCUT2D eigenvalue weighted by Crippen LogP contribution is 2.37. The number of hydrogen-bond donors (Lipinski definition) is 2. The number of nitriles is 1. The summed E-state index contributed by atoms with van der Waals surface area (Å²) in [6.45, 7) is 6.62. The minimum atomic E-state index is 0.163. The van der Waals surface area contributed by atoms with E-state index >= 15 is 0 Å². The molecule has 0 bridgehead atoms. The second kappa shape index (κ2) is 9.90. The smallest absolute Gasteiger partial charge is 0.0994 e. The van der Waals surface area contributed by atoms with E-state index in [1.807, 2.05) is 19.1 Å². The first kappa shape index (κ1) is 20.6. The topological polar surface area (TPSA) is 71.1 Å². The Morgan fingerprint density at radius 2 is 2.25 bits per heavy atom. The molecule has 2 aromatic carbocycles. The van der Waals surface area contributed by atoms with Gasteiger partial charge in [-0.3, -0.25) is 5.14 Å². The van der Waals surface area contributed by atoms with E-state index in [1.165, 1.54) is 23.1 Å². The zero-order valence-electron chi connectivity index (χ0n) is 16.5. The lowest BCUT2D eigenvalue weighted by molar-refractivity contribution is 0.0292. The van der Waals surface area contributed by atoms with Gasteiger partial charge in [-0.05, 0) is 53.6 Å². The van der Waals surface area contributed by atoms with E-state index in [0.29, 0.717) is 5.56 Å². The molecule has 1 unspecified atom stereocenters. The van der Waals surface area contributed by atoms with Gasteiger partial charge in [0, 0.05) is 30.0 Å². The molecular weight excluding hydrogens is 366 g/mol. The third kappa shape index (κ3) is 4.65. The predicted octanol–water partition coefficient (Wildman–Crippen LogP) is 4.42. The Morgan fingerprint density at radius 3 is 2.89 bits per heavy atom. The number of nitrogens with two attached hydrogens (primary N) is 1. The Hall–Kier alpha value is -2.10. The van der Waals surface area contributed by atoms with Crippen molar-refractivity contribution in [2.75, 3.05) is 19.7 Å². The zero-order valence-corrected chi connectivity index (χ0v) is 17.3. The molecule has 28 heavy (non-hydrogen) atoms. The summed E-state index contributed by atoms with van der Waals surface area (Å²) < 4.78 is 5.95. The lowest BCUT2D eigenvalue weighted by Crippen LogP contribution is -2.39. The van der Waals surface area contributed by atoms with Gasteiger partial charge < -0.3 is 10.1 Å². The van der Waals surface area contributed by atoms with E-state index in [9.17, 15) is 5.26 Å². The van der Waals surface area contributed by atoms with Gasteiger partial charge in [0.1, 0.15) is 0 Å². The fraction of sp³-hybridized carbons (Fsp3) is 0.348. The average molecular weight is 394 g/mol. The number of nitrogens with one attached hydrogen (secondary N) is 1. The quantitative estimate of drug-likeness (QED) is 0.711. The molecule has 4 nitrogen and oxygen atoms in total. The van der Waals surface area contributed by atoms with Crippen molar-refractivity contribution in [3.8, 4) is 17.2 Å². The molecule has 0 amide bonds. The van der Waals surface area contributed by atoms with E-state index in [0.717, 1.165) is 54.1 Å². The van der Waals surface area contributed by atoms with Gasteiger partial charge in [-0.25, -0.2) is 0 Å². The Labute approximate surface area is 171 Å². The highest BCUT2D eigenvalue weighted by atomic mass is 32.2. The summed E-state index contributed by atoms with van der Waals surface area (Å²) in [4.78, 5) is 1.08. The number of morpholine rings is 1. The van der Waals surface area contributed by atoms with Gasteiger partial charge in [0.25, 0.3) is 0 Å². The molecule has 0 aliphatic carbocycles. The van der Waals surface area contributed by atoms with Gasteiger partial charge in [0.05, 0.1) is 24.3 Å². The maximum Gasteiger partial charge on any atom is 0.0994 e. The molecule has 1 aliphatic rings. The molecule has 3 rings (SSSR count). The number of aryl methyl sites for hydroxylation is 1. The minimum Gasteiger partial charge on any atom is -0.375 e. The molecule has 1 heterocycles. The molecule has 0 aromatic heterocycles. The van der Waals surface area contributed by atoms with Crippen molar-refractivity contribution in [3.05, 3.63) is 64.7 Å². The molecule has 1 atom stereocenters. The van der Waals surface area contributed by atoms with Crippen LogP contribution in [-0.2, 0) is 11.2 Å². The summed E-state index contributed by atoms with van der Waals surface area (Å²) in [6, 6.07) is 14.7. The van der Waals surface area contributed by atoms with Crippen LogP contribution in [0.4, 0.5) is 0 Å². The molecule has 0 radical (unpaired) electrons. The number of benzene rings is 2. The molecule has 0 saturated carbocycles. The molecule has 1 saturated heterocycles. The van der Waals surface area contributed by atoms with Crippen molar-refractivity contribution in [1.82, 2.24) is 5.32 Å². The monoisotopic (exact) mass is 393 g/mol. The van der Waals surface area contributed by atoms with Crippen LogP contribution in [0, 0.1) is 18.3 Å². The van der Waals surface area contributed by atoms with Crippen LogP contribution in [0.2, 0.25) is 0 Å². The Balaban J connectivity index is 2.10. The first-order chi connectivity index (χ1) is 13.7. The van der Waals surface area contributed by atoms with Gasteiger partial charge in [0.2, 0.25) is 0 Å². The normalized spacial score (nSPS) is 17.4. The van der Waals surface area contributed by atoms with Crippen LogP contribution in [0.1, 0.15) is 35.6 Å². The van der Waals surface area contributed by atoms with E-state index in [1.54, 1.807) is 0 Å². The SMILES string of the molecule is CC/C=C(\SN)c1c(CC2CNCCO2)cccc1-c1ccc(C#N)c(C)c1. The largest absolute Gasteiger partial charge is 0.375 e. The van der Waals surface area contributed by atoms with Crippen molar-refractivity contribution in [1.29, 1.82) is 5.26 Å². The fourth-order valence-electron chi connectivity index (χ4n) is 3.65. The van der Waals surface area contributed by atoms with Crippen LogP contribution in [0.15, 0.2) is 42.5 Å². The van der Waals surface area contributed by atoms with Crippen molar-refractivity contribution in [3.63, 3.8) is 0 Å². The summed E-state index contributed by atoms with van der Waals surface area (Å²) in [5.74, 6) is 0. The van der Waals surface area contributed by atoms with Crippen LogP contribution in [0.3, 0.4) is 0 Å². The van der Waals surface area contributed by atoms with Crippen molar-refractivity contribution >= 4 is 16.9 Å². The fourth-order valence-corrected chi connectivity index (χ4v) is 4.27. The highest BCUT2D eigenvalue weighted by molar-refractivity contribution is 8.06. The Bertz CT molecular complexity index is 895. The average Bonchev–Trinajstić information content (AvgIpc) is 2.73. The number of ether oxygens (including phenoxy) is 1. The lowest BCUT2D eigenvalue weighted by Gasteiger charge is -2.25. The maximum atomic E-state index is 9.26. The van der Waals surface area contributed by atoms with Gasteiger partial charge in [-0.15, -0.1) is 0 Å². The van der Waals surface area contributed by atoms with Crippen LogP contribution < -0.4 is 10.5 Å². The van der Waals surface area contributed by atoms with E-state index < -0.39 is 0 Å². The van der Waals surface area contributed by atoms with Crippen LogP contribution in [0.25, 0.3) is 16.0 Å². The lowest BCUT2D eigenvalue weighted by atomic mass is 9.90. The minimum absolute atomic E-state index is 0.163. The summed E-state index contributed by atoms with van der Waals surface area (Å²) in [7, 11) is 0. The molecule has 1 fully saturated rings. The maximum absolute atomic E-state index is 9.26. The summed E-state index contributed by atoms with van der Waals surface area (Å²) in [5, 5.41) is 18.7. The van der Waals surface area contributed by atoms with Gasteiger partial charge in [0.15, 0.2) is 0 Å². The van der Waals surface area contributed by atoms with Crippen LogP contribution in [-0.4, -0.2) is 25.8 Å². The number of nitrogens with zero attached hydrogens (tertiary/aromatic N) is 1. The second-order valence-electron chi connectivity index (χ2n) is 6.98. The molecule has 5 heteroatoms. The second-order valence-corrected chi connectivity index (χ2v) is 7.65. The summed E-state index contributed by atoms with van der Waals surface area (Å²) in [6.07, 6.45) is 4.11. The summed E-state index contributed by atoms with van der Waals surface area (Å²) in [5.41, 5.74) is 6.36. The van der Waals surface area contributed by atoms with Crippen molar-refractivity contribution < 1.29 is 4.74 Å². The molecular formula is C23H27N3OS. The molecule has 1 aliphatic heterocycles. The third-order valence-corrected chi connectivity index (χ3v) is 5.65. The Morgan fingerprint density at radius 1 is 1.39 bits per heavy atom. The Kier molecular flexibility index (Phi) is 7.30. The number of rotatable bonds is 6.